The van der Waals surface area contributed by atoms with Crippen LogP contribution in [-0.2, 0) is 13.2 Å². The molecule has 8 heteroatoms. The molecule has 1 aromatic carbocycles. The molecule has 0 saturated heterocycles. The molecule has 0 atom stereocenters. The molecule has 3 aromatic rings. The molecule has 2 aromatic heterocycles. The van der Waals surface area contributed by atoms with E-state index in [2.05, 4.69) is 10.3 Å². The SMILES string of the molecule is O=c1cc(Cn2cc(COc3ccc(F)cc3)nn2)occ1O. The van der Waals surface area contributed by atoms with Crippen molar-refractivity contribution < 1.29 is 18.7 Å². The fourth-order valence-electron chi connectivity index (χ4n) is 1.86. The highest BCUT2D eigenvalue weighted by molar-refractivity contribution is 5.22. The number of hydrogen-bond acceptors (Lipinski definition) is 6. The van der Waals surface area contributed by atoms with E-state index < -0.39 is 11.2 Å². The third-order valence-corrected chi connectivity index (χ3v) is 2.97. The highest BCUT2D eigenvalue weighted by Crippen LogP contribution is 2.13. The van der Waals surface area contributed by atoms with Crippen LogP contribution in [0.3, 0.4) is 0 Å². The summed E-state index contributed by atoms with van der Waals surface area (Å²) in [4.78, 5) is 11.3. The summed E-state index contributed by atoms with van der Waals surface area (Å²) in [6, 6.07) is 6.83. The average molecular weight is 317 g/mol. The van der Waals surface area contributed by atoms with Crippen molar-refractivity contribution in [3.05, 3.63) is 70.3 Å². The monoisotopic (exact) mass is 317 g/mol. The van der Waals surface area contributed by atoms with E-state index >= 15 is 0 Å². The molecule has 0 radical (unpaired) electrons. The third kappa shape index (κ3) is 3.73. The van der Waals surface area contributed by atoms with Crippen molar-refractivity contribution in [1.82, 2.24) is 15.0 Å². The second-order valence-electron chi connectivity index (χ2n) is 4.75. The molecule has 23 heavy (non-hydrogen) atoms. The third-order valence-electron chi connectivity index (χ3n) is 2.97. The van der Waals surface area contributed by atoms with Crippen molar-refractivity contribution in [1.29, 1.82) is 0 Å². The van der Waals surface area contributed by atoms with Crippen LogP contribution in [0.2, 0.25) is 0 Å². The molecule has 0 spiro atoms. The van der Waals surface area contributed by atoms with Crippen LogP contribution < -0.4 is 10.2 Å². The molecule has 3 rings (SSSR count). The van der Waals surface area contributed by atoms with Gasteiger partial charge in [-0.3, -0.25) is 4.79 Å². The number of nitrogens with zero attached hydrogens (tertiary/aromatic N) is 3. The first-order valence-electron chi connectivity index (χ1n) is 6.68. The lowest BCUT2D eigenvalue weighted by Gasteiger charge is -2.03. The number of halogens is 1. The Hall–Kier alpha value is -3.16. The van der Waals surface area contributed by atoms with E-state index in [1.54, 1.807) is 6.20 Å². The molecule has 0 bridgehead atoms. The summed E-state index contributed by atoms with van der Waals surface area (Å²) in [7, 11) is 0. The molecule has 1 N–H and O–H groups in total. The lowest BCUT2D eigenvalue weighted by molar-refractivity contribution is 0.300. The Kier molecular flexibility index (Phi) is 4.05. The molecule has 0 aliphatic heterocycles. The van der Waals surface area contributed by atoms with Crippen molar-refractivity contribution in [3.8, 4) is 11.5 Å². The Bertz CT molecular complexity index is 858. The van der Waals surface area contributed by atoms with E-state index in [0.29, 0.717) is 17.2 Å². The Labute approximate surface area is 129 Å². The summed E-state index contributed by atoms with van der Waals surface area (Å²) >= 11 is 0. The Morgan fingerprint density at radius 1 is 1.30 bits per heavy atom. The topological polar surface area (TPSA) is 90.4 Å². The minimum atomic E-state index is -0.522. The van der Waals surface area contributed by atoms with Gasteiger partial charge in [0, 0.05) is 6.07 Å². The second-order valence-corrected chi connectivity index (χ2v) is 4.75. The Morgan fingerprint density at radius 3 is 2.83 bits per heavy atom. The van der Waals surface area contributed by atoms with Crippen molar-refractivity contribution in [2.24, 2.45) is 0 Å². The van der Waals surface area contributed by atoms with Crippen LogP contribution in [0.5, 0.6) is 11.5 Å². The van der Waals surface area contributed by atoms with Gasteiger partial charge in [-0.2, -0.15) is 0 Å². The van der Waals surface area contributed by atoms with Crippen molar-refractivity contribution in [2.75, 3.05) is 0 Å². The lowest BCUT2D eigenvalue weighted by atomic mass is 10.3. The van der Waals surface area contributed by atoms with Crippen molar-refractivity contribution in [3.63, 3.8) is 0 Å². The molecule has 0 saturated carbocycles. The normalized spacial score (nSPS) is 10.7. The smallest absolute Gasteiger partial charge is 0.226 e. The molecular weight excluding hydrogens is 305 g/mol. The maximum atomic E-state index is 12.8. The summed E-state index contributed by atoms with van der Waals surface area (Å²) in [6.07, 6.45) is 2.61. The predicted molar refractivity (Wildman–Crippen MR) is 76.5 cm³/mol. The van der Waals surface area contributed by atoms with Crippen LogP contribution in [0, 0.1) is 5.82 Å². The van der Waals surface area contributed by atoms with Gasteiger partial charge >= 0.3 is 0 Å². The highest BCUT2D eigenvalue weighted by atomic mass is 19.1. The molecule has 0 unspecified atom stereocenters. The average Bonchev–Trinajstić information content (AvgIpc) is 2.98. The molecule has 0 amide bonds. The van der Waals surface area contributed by atoms with E-state index in [1.165, 1.54) is 35.0 Å². The lowest BCUT2D eigenvalue weighted by Crippen LogP contribution is -2.05. The standard InChI is InChI=1S/C15H12FN3O4/c16-10-1-3-12(4-2-10)22-8-11-6-19(18-17-11)7-13-5-14(20)15(21)9-23-13/h1-6,9,21H,7-8H2. The predicted octanol–water partition coefficient (Wildman–Crippen LogP) is 1.70. The maximum absolute atomic E-state index is 12.8. The van der Waals surface area contributed by atoms with Gasteiger partial charge in [-0.15, -0.1) is 5.10 Å². The van der Waals surface area contributed by atoms with Crippen molar-refractivity contribution >= 4 is 0 Å². The molecule has 2 heterocycles. The molecule has 7 nitrogen and oxygen atoms in total. The Morgan fingerprint density at radius 2 is 2.09 bits per heavy atom. The summed E-state index contributed by atoms with van der Waals surface area (Å²) in [5, 5.41) is 17.0. The fraction of sp³-hybridized carbons (Fsp3) is 0.133. The van der Waals surface area contributed by atoms with Gasteiger partial charge in [-0.25, -0.2) is 9.07 Å². The van der Waals surface area contributed by atoms with Crippen LogP contribution in [-0.4, -0.2) is 20.1 Å². The molecule has 0 aliphatic rings. The first-order valence-corrected chi connectivity index (χ1v) is 6.68. The van der Waals surface area contributed by atoms with Crippen LogP contribution in [0.4, 0.5) is 4.39 Å². The number of aromatic nitrogens is 3. The second kappa shape index (κ2) is 6.30. The molecule has 0 fully saturated rings. The number of aromatic hydroxyl groups is 1. The van der Waals surface area contributed by atoms with E-state index in [9.17, 15) is 9.18 Å². The highest BCUT2D eigenvalue weighted by Gasteiger charge is 2.06. The zero-order valence-corrected chi connectivity index (χ0v) is 11.8. The zero-order chi connectivity index (χ0) is 16.2. The van der Waals surface area contributed by atoms with E-state index in [0.717, 1.165) is 6.26 Å². The van der Waals surface area contributed by atoms with Gasteiger partial charge in [0.1, 0.15) is 42.4 Å². The van der Waals surface area contributed by atoms with Gasteiger partial charge in [0.05, 0.1) is 6.20 Å². The fourth-order valence-corrected chi connectivity index (χ4v) is 1.86. The van der Waals surface area contributed by atoms with Crippen LogP contribution in [0.15, 0.2) is 52.0 Å². The first kappa shape index (κ1) is 14.8. The largest absolute Gasteiger partial charge is 0.502 e. The number of rotatable bonds is 5. The number of hydrogen-bond donors (Lipinski definition) is 1. The Balaban J connectivity index is 1.62. The van der Waals surface area contributed by atoms with Gasteiger partial charge in [-0.1, -0.05) is 5.21 Å². The van der Waals surface area contributed by atoms with Crippen molar-refractivity contribution in [2.45, 2.75) is 13.2 Å². The van der Waals surface area contributed by atoms with Crippen LogP contribution >= 0.6 is 0 Å². The molecule has 118 valence electrons. The van der Waals surface area contributed by atoms with Gasteiger partial charge in [0.25, 0.3) is 0 Å². The molecule has 0 aliphatic carbocycles. The van der Waals surface area contributed by atoms with Gasteiger partial charge < -0.3 is 14.3 Å². The van der Waals surface area contributed by atoms with Crippen LogP contribution in [0.25, 0.3) is 0 Å². The van der Waals surface area contributed by atoms with Gasteiger partial charge in [0.2, 0.25) is 5.43 Å². The number of ether oxygens (including phenoxy) is 1. The zero-order valence-electron chi connectivity index (χ0n) is 11.8. The van der Waals surface area contributed by atoms with Gasteiger partial charge in [-0.05, 0) is 24.3 Å². The number of benzene rings is 1. The van der Waals surface area contributed by atoms with E-state index in [4.69, 9.17) is 14.3 Å². The van der Waals surface area contributed by atoms with E-state index in [1.807, 2.05) is 0 Å². The molecular formula is C15H12FN3O4. The summed E-state index contributed by atoms with van der Waals surface area (Å²) < 4.78 is 24.8. The quantitative estimate of drug-likeness (QED) is 0.770. The summed E-state index contributed by atoms with van der Waals surface area (Å²) in [5.41, 5.74) is 0.0432. The summed E-state index contributed by atoms with van der Waals surface area (Å²) in [6.45, 7) is 0.365. The summed E-state index contributed by atoms with van der Waals surface area (Å²) in [5.74, 6) is 0.0774. The minimum absolute atomic E-state index is 0.172. The van der Waals surface area contributed by atoms with Crippen LogP contribution in [0.1, 0.15) is 11.5 Å². The van der Waals surface area contributed by atoms with E-state index in [-0.39, 0.29) is 19.0 Å². The minimum Gasteiger partial charge on any atom is -0.502 e. The maximum Gasteiger partial charge on any atom is 0.226 e. The van der Waals surface area contributed by atoms with Gasteiger partial charge in [0.15, 0.2) is 5.75 Å². The first-order chi connectivity index (χ1) is 11.1.